The van der Waals surface area contributed by atoms with Crippen LogP contribution in [0.15, 0.2) is 35.4 Å². The number of halogens is 1. The zero-order chi connectivity index (χ0) is 16.8. The van der Waals surface area contributed by atoms with E-state index in [0.29, 0.717) is 15.7 Å². The minimum absolute atomic E-state index is 0.185. The molecule has 2 amide bonds. The van der Waals surface area contributed by atoms with E-state index in [9.17, 15) is 14.4 Å². The summed E-state index contributed by atoms with van der Waals surface area (Å²) < 4.78 is 4.82. The Morgan fingerprint density at radius 2 is 2.17 bits per heavy atom. The molecule has 2 rings (SSSR count). The zero-order valence-electron chi connectivity index (χ0n) is 12.4. The molecule has 1 aromatic carbocycles. The molecule has 122 valence electrons. The molecule has 6 nitrogen and oxygen atoms in total. The molecule has 23 heavy (non-hydrogen) atoms. The van der Waals surface area contributed by atoms with Gasteiger partial charge in [-0.1, -0.05) is 35.5 Å². The van der Waals surface area contributed by atoms with Crippen LogP contribution in [0, 0.1) is 0 Å². The molecule has 1 heterocycles. The smallest absolute Gasteiger partial charge is 0.333 e. The molecule has 0 spiro atoms. The Morgan fingerprint density at radius 3 is 2.87 bits per heavy atom. The van der Waals surface area contributed by atoms with Crippen LogP contribution in [0.4, 0.5) is 5.69 Å². The van der Waals surface area contributed by atoms with Crippen LogP contribution in [0.25, 0.3) is 0 Å². The van der Waals surface area contributed by atoms with E-state index in [1.807, 2.05) is 0 Å². The van der Waals surface area contributed by atoms with Crippen molar-refractivity contribution in [1.82, 2.24) is 4.90 Å². The number of para-hydroxylation sites is 1. The van der Waals surface area contributed by atoms with Gasteiger partial charge in [0, 0.05) is 0 Å². The molecule has 1 aromatic rings. The number of anilines is 1. The van der Waals surface area contributed by atoms with Crippen molar-refractivity contribution in [2.75, 3.05) is 24.2 Å². The van der Waals surface area contributed by atoms with Gasteiger partial charge in [0.05, 0.1) is 34.2 Å². The molecule has 1 saturated heterocycles. The van der Waals surface area contributed by atoms with Gasteiger partial charge >= 0.3 is 5.97 Å². The number of esters is 1. The quantitative estimate of drug-likeness (QED) is 0.648. The zero-order valence-corrected chi connectivity index (χ0v) is 13.9. The summed E-state index contributed by atoms with van der Waals surface area (Å²) in [5.41, 5.74) is 0.467. The lowest BCUT2D eigenvalue weighted by Gasteiger charge is -2.16. The van der Waals surface area contributed by atoms with Crippen LogP contribution in [0.1, 0.15) is 6.92 Å². The maximum Gasteiger partial charge on any atom is 0.333 e. The Labute approximate surface area is 142 Å². The topological polar surface area (TPSA) is 75.7 Å². The van der Waals surface area contributed by atoms with Gasteiger partial charge in [-0.3, -0.25) is 14.5 Å². The second-order valence-electron chi connectivity index (χ2n) is 4.53. The Hall–Kier alpha value is -1.99. The van der Waals surface area contributed by atoms with Crippen molar-refractivity contribution in [3.8, 4) is 0 Å². The maximum atomic E-state index is 12.1. The van der Waals surface area contributed by atoms with Gasteiger partial charge in [0.15, 0.2) is 0 Å². The predicted octanol–water partition coefficient (Wildman–Crippen LogP) is 2.26. The minimum atomic E-state index is -0.541. The number of carbonyl (C=O) groups is 3. The van der Waals surface area contributed by atoms with Crippen LogP contribution in [0.2, 0.25) is 5.02 Å². The van der Waals surface area contributed by atoms with Crippen LogP contribution in [0.3, 0.4) is 0 Å². The lowest BCUT2D eigenvalue weighted by atomic mass is 10.3. The Bertz CT molecular complexity index is 663. The van der Waals surface area contributed by atoms with Crippen LogP contribution in [-0.2, 0) is 19.1 Å². The van der Waals surface area contributed by atoms with Crippen LogP contribution < -0.4 is 5.32 Å². The minimum Gasteiger partial charge on any atom is -0.463 e. The number of hydrogen-bond donors (Lipinski definition) is 1. The molecular formula is C15H15ClN2O4S. The summed E-state index contributed by atoms with van der Waals surface area (Å²) in [5.74, 6) is -0.991. The van der Waals surface area contributed by atoms with Crippen molar-refractivity contribution in [1.29, 1.82) is 0 Å². The van der Waals surface area contributed by atoms with E-state index < -0.39 is 11.9 Å². The highest BCUT2D eigenvalue weighted by molar-refractivity contribution is 8.04. The first-order valence-corrected chi connectivity index (χ1v) is 8.23. The van der Waals surface area contributed by atoms with E-state index in [4.69, 9.17) is 16.3 Å². The van der Waals surface area contributed by atoms with E-state index in [1.165, 1.54) is 22.7 Å². The highest BCUT2D eigenvalue weighted by Crippen LogP contribution is 2.29. The summed E-state index contributed by atoms with van der Waals surface area (Å²) in [6.45, 7) is 1.74. The fourth-order valence-electron chi connectivity index (χ4n) is 1.88. The summed E-state index contributed by atoms with van der Waals surface area (Å²) in [6.07, 6.45) is 1.22. The molecule has 1 aliphatic heterocycles. The summed E-state index contributed by atoms with van der Waals surface area (Å²) in [5, 5.41) is 3.45. The normalized spacial score (nSPS) is 15.8. The highest BCUT2D eigenvalue weighted by atomic mass is 35.5. The van der Waals surface area contributed by atoms with E-state index in [-0.39, 0.29) is 24.8 Å². The van der Waals surface area contributed by atoms with Crippen LogP contribution in [0.5, 0.6) is 0 Å². The molecule has 1 N–H and O–H groups in total. The van der Waals surface area contributed by atoms with Crippen LogP contribution in [-0.4, -0.2) is 41.6 Å². The number of hydrogen-bond acceptors (Lipinski definition) is 5. The van der Waals surface area contributed by atoms with Crippen molar-refractivity contribution >= 4 is 46.8 Å². The second-order valence-corrected chi connectivity index (χ2v) is 5.93. The number of rotatable bonds is 5. The number of benzene rings is 1. The first kappa shape index (κ1) is 17.4. The summed E-state index contributed by atoms with van der Waals surface area (Å²) in [4.78, 5) is 36.8. The standard InChI is InChI=1S/C15H15ClN2O4S/c1-2-22-15(21)7-14-18(13(20)9-23-14)8-12(19)17-11-6-4-3-5-10(11)16/h3-7H,2,8-9H2,1H3,(H,17,19)/b14-7-. The molecular weight excluding hydrogens is 340 g/mol. The molecule has 8 heteroatoms. The average Bonchev–Trinajstić information content (AvgIpc) is 2.83. The maximum absolute atomic E-state index is 12.1. The van der Waals surface area contributed by atoms with Crippen molar-refractivity contribution in [2.24, 2.45) is 0 Å². The molecule has 1 fully saturated rings. The van der Waals surface area contributed by atoms with Gasteiger partial charge in [-0.25, -0.2) is 4.79 Å². The van der Waals surface area contributed by atoms with Crippen molar-refractivity contribution in [3.05, 3.63) is 40.4 Å². The Kier molecular flexibility index (Phi) is 6.06. The number of amides is 2. The third-order valence-electron chi connectivity index (χ3n) is 2.89. The van der Waals surface area contributed by atoms with Crippen molar-refractivity contribution < 1.29 is 19.1 Å². The largest absolute Gasteiger partial charge is 0.463 e. The lowest BCUT2D eigenvalue weighted by Crippen LogP contribution is -2.34. The average molecular weight is 355 g/mol. The number of ether oxygens (including phenoxy) is 1. The van der Waals surface area contributed by atoms with E-state index in [1.54, 1.807) is 31.2 Å². The SMILES string of the molecule is CCOC(=O)/C=C1\SCC(=O)N1CC(=O)Nc1ccccc1Cl. The monoisotopic (exact) mass is 354 g/mol. The molecule has 0 aromatic heterocycles. The summed E-state index contributed by atoms with van der Waals surface area (Å²) in [7, 11) is 0. The van der Waals surface area contributed by atoms with Crippen LogP contribution >= 0.6 is 23.4 Å². The highest BCUT2D eigenvalue weighted by Gasteiger charge is 2.29. The molecule has 0 radical (unpaired) electrons. The number of nitrogens with one attached hydrogen (secondary N) is 1. The third kappa shape index (κ3) is 4.74. The van der Waals surface area contributed by atoms with Gasteiger partial charge in [0.25, 0.3) is 0 Å². The van der Waals surface area contributed by atoms with Gasteiger partial charge < -0.3 is 10.1 Å². The Balaban J connectivity index is 2.04. The van der Waals surface area contributed by atoms with Gasteiger partial charge in [-0.05, 0) is 19.1 Å². The number of carbonyl (C=O) groups excluding carboxylic acids is 3. The second kappa shape index (κ2) is 8.03. The number of nitrogens with zero attached hydrogens (tertiary/aromatic N) is 1. The molecule has 0 atom stereocenters. The van der Waals surface area contributed by atoms with E-state index in [2.05, 4.69) is 5.32 Å². The first-order valence-electron chi connectivity index (χ1n) is 6.87. The number of thioether (sulfide) groups is 1. The van der Waals surface area contributed by atoms with Crippen molar-refractivity contribution in [3.63, 3.8) is 0 Å². The third-order valence-corrected chi connectivity index (χ3v) is 4.24. The fourth-order valence-corrected chi connectivity index (χ4v) is 2.99. The molecule has 0 bridgehead atoms. The van der Waals surface area contributed by atoms with E-state index in [0.717, 1.165) is 0 Å². The Morgan fingerprint density at radius 1 is 1.43 bits per heavy atom. The lowest BCUT2D eigenvalue weighted by molar-refractivity contribution is -0.137. The molecule has 1 aliphatic rings. The summed E-state index contributed by atoms with van der Waals surface area (Å²) in [6, 6.07) is 6.81. The fraction of sp³-hybridized carbons (Fsp3) is 0.267. The molecule has 0 aliphatic carbocycles. The van der Waals surface area contributed by atoms with Gasteiger partial charge in [-0.15, -0.1) is 0 Å². The molecule has 0 saturated carbocycles. The van der Waals surface area contributed by atoms with Crippen molar-refractivity contribution in [2.45, 2.75) is 6.92 Å². The van der Waals surface area contributed by atoms with Gasteiger partial charge in [0.1, 0.15) is 6.54 Å². The summed E-state index contributed by atoms with van der Waals surface area (Å²) >= 11 is 7.17. The first-order chi connectivity index (χ1) is 11.0. The predicted molar refractivity (Wildman–Crippen MR) is 89.0 cm³/mol. The van der Waals surface area contributed by atoms with Gasteiger partial charge in [-0.2, -0.15) is 0 Å². The van der Waals surface area contributed by atoms with E-state index >= 15 is 0 Å². The molecule has 0 unspecified atom stereocenters. The van der Waals surface area contributed by atoms with Gasteiger partial charge in [0.2, 0.25) is 11.8 Å².